The van der Waals surface area contributed by atoms with Crippen LogP contribution in [0.25, 0.3) is 0 Å². The molecule has 128 valence electrons. The number of benzene rings is 2. The molecule has 2 aromatic rings. The Morgan fingerprint density at radius 3 is 2.52 bits per heavy atom. The average molecular weight is 351 g/mol. The number of carbonyl (C=O) groups excluding carboxylic acids is 1. The number of amides is 1. The molecule has 0 spiro atoms. The van der Waals surface area contributed by atoms with Gasteiger partial charge in [0, 0.05) is 22.5 Å². The zero-order valence-corrected chi connectivity index (χ0v) is 15.1. The van der Waals surface area contributed by atoms with Crippen molar-refractivity contribution < 1.29 is 4.79 Å². The first-order chi connectivity index (χ1) is 12.1. The number of anilines is 1. The molecule has 0 unspecified atom stereocenters. The maximum Gasteiger partial charge on any atom is 0.267 e. The number of carbonyl (C=O) groups is 1. The maximum atomic E-state index is 12.4. The zero-order valence-electron chi connectivity index (χ0n) is 14.3. The largest absolute Gasteiger partial charge is 0.389 e. The normalized spacial score (nSPS) is 11.0. The molecule has 0 heterocycles. The van der Waals surface area contributed by atoms with Crippen LogP contribution in [0, 0.1) is 17.2 Å². The van der Waals surface area contributed by atoms with Crippen LogP contribution < -0.4 is 10.6 Å². The van der Waals surface area contributed by atoms with Gasteiger partial charge in [0.25, 0.3) is 5.91 Å². The van der Waals surface area contributed by atoms with Gasteiger partial charge in [-0.3, -0.25) is 4.79 Å². The molecule has 0 saturated carbocycles. The molecule has 0 fully saturated rings. The molecule has 1 amide bonds. The predicted molar refractivity (Wildman–Crippen MR) is 102 cm³/mol. The van der Waals surface area contributed by atoms with Crippen molar-refractivity contribution in [2.75, 3.05) is 11.9 Å². The predicted octanol–water partition coefficient (Wildman–Crippen LogP) is 4.43. The zero-order chi connectivity index (χ0) is 18.1. The first-order valence-electron chi connectivity index (χ1n) is 8.07. The van der Waals surface area contributed by atoms with E-state index < -0.39 is 5.91 Å². The lowest BCUT2D eigenvalue weighted by Gasteiger charge is -2.11. The fourth-order valence-electron chi connectivity index (χ4n) is 2.01. The quantitative estimate of drug-likeness (QED) is 0.572. The standard InChI is InChI=1S/C20H21N3OS/c1-15(2)13-22-14-16(12-21)20(24)23-18-10-6-7-11-19(18)25-17-8-4-3-5-9-17/h3-11,14-15,22H,13H2,1-2H3,(H,23,24)/b16-14-. The first kappa shape index (κ1) is 18.6. The number of para-hydroxylation sites is 1. The molecule has 0 aliphatic heterocycles. The second kappa shape index (κ2) is 9.55. The third kappa shape index (κ3) is 6.02. The average Bonchev–Trinajstić information content (AvgIpc) is 2.61. The van der Waals surface area contributed by atoms with Crippen molar-refractivity contribution in [1.29, 1.82) is 5.26 Å². The number of nitrogens with zero attached hydrogens (tertiary/aromatic N) is 1. The van der Waals surface area contributed by atoms with Crippen LogP contribution >= 0.6 is 11.8 Å². The summed E-state index contributed by atoms with van der Waals surface area (Å²) in [5, 5.41) is 15.1. The van der Waals surface area contributed by atoms with Crippen molar-refractivity contribution >= 4 is 23.4 Å². The Labute approximate surface area is 152 Å². The highest BCUT2D eigenvalue weighted by molar-refractivity contribution is 7.99. The van der Waals surface area contributed by atoms with Crippen LogP contribution in [0.5, 0.6) is 0 Å². The van der Waals surface area contributed by atoms with E-state index in [1.807, 2.05) is 60.7 Å². The van der Waals surface area contributed by atoms with Crippen LogP contribution in [-0.4, -0.2) is 12.5 Å². The molecule has 4 nitrogen and oxygen atoms in total. The number of nitrogens with one attached hydrogen (secondary N) is 2. The highest BCUT2D eigenvalue weighted by Crippen LogP contribution is 2.33. The van der Waals surface area contributed by atoms with Crippen molar-refractivity contribution in [2.24, 2.45) is 5.92 Å². The molecule has 0 saturated heterocycles. The molecule has 5 heteroatoms. The molecule has 0 atom stereocenters. The van der Waals surface area contributed by atoms with E-state index in [1.165, 1.54) is 6.20 Å². The Morgan fingerprint density at radius 1 is 1.16 bits per heavy atom. The second-order valence-corrected chi connectivity index (χ2v) is 6.95. The summed E-state index contributed by atoms with van der Waals surface area (Å²) in [4.78, 5) is 14.4. The van der Waals surface area contributed by atoms with Crippen molar-refractivity contribution in [3.63, 3.8) is 0 Å². The highest BCUT2D eigenvalue weighted by atomic mass is 32.2. The van der Waals surface area contributed by atoms with Crippen molar-refractivity contribution in [2.45, 2.75) is 23.6 Å². The van der Waals surface area contributed by atoms with Gasteiger partial charge in [-0.1, -0.05) is 55.9 Å². The highest BCUT2D eigenvalue weighted by Gasteiger charge is 2.12. The minimum absolute atomic E-state index is 0.0557. The molecule has 2 aromatic carbocycles. The Hall–Kier alpha value is -2.71. The summed E-state index contributed by atoms with van der Waals surface area (Å²) in [5.74, 6) is 0.0159. The van der Waals surface area contributed by atoms with Gasteiger partial charge in [0.15, 0.2) is 0 Å². The fourth-order valence-corrected chi connectivity index (χ4v) is 2.93. The minimum Gasteiger partial charge on any atom is -0.389 e. The van der Waals surface area contributed by atoms with Gasteiger partial charge in [0.05, 0.1) is 5.69 Å². The lowest BCUT2D eigenvalue weighted by Crippen LogP contribution is -2.19. The summed E-state index contributed by atoms with van der Waals surface area (Å²) < 4.78 is 0. The van der Waals surface area contributed by atoms with E-state index in [-0.39, 0.29) is 5.57 Å². The van der Waals surface area contributed by atoms with Crippen LogP contribution in [-0.2, 0) is 4.79 Å². The van der Waals surface area contributed by atoms with Gasteiger partial charge in [-0.05, 0) is 30.2 Å². The molecule has 2 rings (SSSR count). The summed E-state index contributed by atoms with van der Waals surface area (Å²) in [6.07, 6.45) is 1.47. The van der Waals surface area contributed by atoms with Crippen LogP contribution in [0.15, 0.2) is 76.2 Å². The van der Waals surface area contributed by atoms with Crippen LogP contribution in [0.4, 0.5) is 5.69 Å². The monoisotopic (exact) mass is 351 g/mol. The van der Waals surface area contributed by atoms with E-state index in [9.17, 15) is 10.1 Å². The molecule has 0 aliphatic carbocycles. The van der Waals surface area contributed by atoms with E-state index >= 15 is 0 Å². The maximum absolute atomic E-state index is 12.4. The second-order valence-electron chi connectivity index (χ2n) is 5.84. The van der Waals surface area contributed by atoms with Crippen LogP contribution in [0.3, 0.4) is 0 Å². The van der Waals surface area contributed by atoms with Crippen molar-refractivity contribution in [1.82, 2.24) is 5.32 Å². The van der Waals surface area contributed by atoms with Crippen LogP contribution in [0.1, 0.15) is 13.8 Å². The van der Waals surface area contributed by atoms with E-state index in [2.05, 4.69) is 24.5 Å². The number of nitriles is 1. The Balaban J connectivity index is 2.11. The lowest BCUT2D eigenvalue weighted by molar-refractivity contribution is -0.112. The third-order valence-electron chi connectivity index (χ3n) is 3.24. The fraction of sp³-hybridized carbons (Fsp3) is 0.200. The van der Waals surface area contributed by atoms with E-state index in [1.54, 1.807) is 11.8 Å². The van der Waals surface area contributed by atoms with Gasteiger partial charge in [-0.15, -0.1) is 0 Å². The van der Waals surface area contributed by atoms with Crippen molar-refractivity contribution in [3.05, 3.63) is 66.4 Å². The molecular weight excluding hydrogens is 330 g/mol. The summed E-state index contributed by atoms with van der Waals surface area (Å²) >= 11 is 1.56. The van der Waals surface area contributed by atoms with Crippen molar-refractivity contribution in [3.8, 4) is 6.07 Å². The SMILES string of the molecule is CC(C)CN/C=C(/C#N)C(=O)Nc1ccccc1Sc1ccccc1. The molecule has 0 radical (unpaired) electrons. The van der Waals surface area contributed by atoms with Gasteiger partial charge in [-0.2, -0.15) is 5.26 Å². The topological polar surface area (TPSA) is 64.9 Å². The van der Waals surface area contributed by atoms with E-state index in [0.29, 0.717) is 18.2 Å². The Kier molecular flexibility index (Phi) is 7.12. The summed E-state index contributed by atoms with van der Waals surface area (Å²) in [5.41, 5.74) is 0.742. The summed E-state index contributed by atoms with van der Waals surface area (Å²) in [7, 11) is 0. The number of hydrogen-bond donors (Lipinski definition) is 2. The van der Waals surface area contributed by atoms with Gasteiger partial charge in [0.2, 0.25) is 0 Å². The van der Waals surface area contributed by atoms with Gasteiger partial charge in [-0.25, -0.2) is 0 Å². The summed E-state index contributed by atoms with van der Waals surface area (Å²) in [6.45, 7) is 4.83. The van der Waals surface area contributed by atoms with Gasteiger partial charge < -0.3 is 10.6 Å². The molecule has 0 bridgehead atoms. The number of hydrogen-bond acceptors (Lipinski definition) is 4. The van der Waals surface area contributed by atoms with Crippen LogP contribution in [0.2, 0.25) is 0 Å². The van der Waals surface area contributed by atoms with Gasteiger partial charge >= 0.3 is 0 Å². The number of rotatable bonds is 7. The first-order valence-corrected chi connectivity index (χ1v) is 8.88. The lowest BCUT2D eigenvalue weighted by atomic mass is 10.2. The van der Waals surface area contributed by atoms with E-state index in [0.717, 1.165) is 9.79 Å². The molecule has 2 N–H and O–H groups in total. The summed E-state index contributed by atoms with van der Waals surface area (Å²) in [6, 6.07) is 19.4. The smallest absolute Gasteiger partial charge is 0.267 e. The van der Waals surface area contributed by atoms with Gasteiger partial charge in [0.1, 0.15) is 11.6 Å². The molecule has 25 heavy (non-hydrogen) atoms. The minimum atomic E-state index is -0.417. The molecule has 0 aliphatic rings. The Morgan fingerprint density at radius 2 is 1.84 bits per heavy atom. The molecular formula is C20H21N3OS. The Bertz CT molecular complexity index is 779. The molecule has 0 aromatic heterocycles. The third-order valence-corrected chi connectivity index (χ3v) is 4.33. The van der Waals surface area contributed by atoms with E-state index in [4.69, 9.17) is 0 Å².